The number of carbonyl (C=O) groups is 1. The van der Waals surface area contributed by atoms with Gasteiger partial charge in [0.1, 0.15) is 0 Å². The number of carboxylic acids is 1. The summed E-state index contributed by atoms with van der Waals surface area (Å²) >= 11 is 0. The van der Waals surface area contributed by atoms with E-state index in [1.165, 1.54) is 19.4 Å². The Morgan fingerprint density at radius 1 is 1.77 bits per heavy atom. The Balaban J connectivity index is 0.00000144. The molecule has 1 aliphatic heterocycles. The largest absolute Gasteiger partial charge is 1.00 e. The van der Waals surface area contributed by atoms with E-state index in [9.17, 15) is 9.90 Å². The Hall–Kier alpha value is -0.360. The second kappa shape index (κ2) is 4.76. The van der Waals surface area contributed by atoms with Gasteiger partial charge in [-0.1, -0.05) is 0 Å². The molecule has 0 bridgehead atoms. The van der Waals surface area contributed by atoms with Gasteiger partial charge >= 0.3 is 29.6 Å². The number of methoxy groups -OCH3 is 1. The smallest absolute Gasteiger partial charge is 0.543 e. The number of ether oxygens (including phenoxy) is 1. The van der Waals surface area contributed by atoms with Gasteiger partial charge in [0.25, 0.3) is 0 Å². The number of hydrogen-bond acceptors (Lipinski definition) is 5. The summed E-state index contributed by atoms with van der Waals surface area (Å²) in [5, 5.41) is 13.0. The zero-order valence-corrected chi connectivity index (χ0v) is 9.83. The number of carbonyl (C=O) groups excluding carboxylic acids is 1. The van der Waals surface area contributed by atoms with Gasteiger partial charge in [0.2, 0.25) is 5.85 Å². The second-order valence-electron chi connectivity index (χ2n) is 2.46. The molecule has 1 heterocycles. The first-order chi connectivity index (χ1) is 5.57. The molecule has 1 aliphatic rings. The molecule has 5 nitrogen and oxygen atoms in total. The number of nitrogens with one attached hydrogen (secondary N) is 1. The molecule has 1 N–H and O–H groups in total. The fraction of sp³-hybridized carbons (Fsp3) is 0.429. The fourth-order valence-corrected chi connectivity index (χ4v) is 0.801. The van der Waals surface area contributed by atoms with Crippen LogP contribution in [0.15, 0.2) is 16.8 Å². The summed E-state index contributed by atoms with van der Waals surface area (Å²) in [4.78, 5) is 14.3. The maximum atomic E-state index is 10.4. The van der Waals surface area contributed by atoms with Crippen molar-refractivity contribution in [3.05, 3.63) is 11.8 Å². The Bertz CT molecular complexity index is 264. The minimum atomic E-state index is -1.27. The van der Waals surface area contributed by atoms with Crippen LogP contribution in [0.5, 0.6) is 0 Å². The molecule has 0 aliphatic carbocycles. The Morgan fingerprint density at radius 2 is 2.38 bits per heavy atom. The third-order valence-corrected chi connectivity index (χ3v) is 1.55. The van der Waals surface area contributed by atoms with E-state index in [0.29, 0.717) is 0 Å². The maximum Gasteiger partial charge on any atom is 1.00 e. The molecule has 66 valence electrons. The molecule has 6 heteroatoms. The van der Waals surface area contributed by atoms with Gasteiger partial charge in [-0.05, 0) is 6.08 Å². The zero-order valence-electron chi connectivity index (χ0n) is 7.83. The average Bonchev–Trinajstić information content (AvgIpc) is 2.05. The molecule has 0 spiro atoms. The van der Waals surface area contributed by atoms with E-state index in [0.717, 1.165) is 0 Å². The maximum absolute atomic E-state index is 10.4. The normalized spacial score (nSPS) is 25.5. The monoisotopic (exact) mass is 192 g/mol. The molecular weight excluding hydrogens is 183 g/mol. The third kappa shape index (κ3) is 3.11. The van der Waals surface area contributed by atoms with E-state index >= 15 is 0 Å². The van der Waals surface area contributed by atoms with Gasteiger partial charge in [-0.25, -0.2) is 4.99 Å². The van der Waals surface area contributed by atoms with Crippen LogP contribution < -0.4 is 40.0 Å². The number of rotatable bonds is 2. The van der Waals surface area contributed by atoms with Crippen molar-refractivity contribution in [2.45, 2.75) is 12.8 Å². The fourth-order valence-electron chi connectivity index (χ4n) is 0.801. The number of nitrogens with zero attached hydrogens (tertiary/aromatic N) is 1. The predicted octanol–water partition coefficient (Wildman–Crippen LogP) is -4.38. The standard InChI is InChI=1S/C7H10N2O3.Na/c1-7(12-2)8-4-3-5(9-7)6(10)11;/h3-4,9H,1-2H3,(H,10,11);/q;+1/p-1. The molecule has 1 unspecified atom stereocenters. The molecule has 0 aromatic rings. The third-order valence-electron chi connectivity index (χ3n) is 1.55. The van der Waals surface area contributed by atoms with Crippen molar-refractivity contribution in [2.75, 3.05) is 7.11 Å². The first-order valence-corrected chi connectivity index (χ1v) is 3.37. The van der Waals surface area contributed by atoms with Gasteiger partial charge < -0.3 is 20.0 Å². The van der Waals surface area contributed by atoms with Crippen molar-refractivity contribution in [2.24, 2.45) is 4.99 Å². The number of hydrogen-bond donors (Lipinski definition) is 1. The second-order valence-corrected chi connectivity index (χ2v) is 2.46. The van der Waals surface area contributed by atoms with Crippen LogP contribution in [0.3, 0.4) is 0 Å². The number of allylic oxidation sites excluding steroid dienone is 1. The molecular formula is C7H9N2NaO3. The van der Waals surface area contributed by atoms with Gasteiger partial charge in [0, 0.05) is 20.2 Å². The molecule has 0 fully saturated rings. The molecule has 0 saturated carbocycles. The van der Waals surface area contributed by atoms with Gasteiger partial charge in [-0.3, -0.25) is 0 Å². The van der Waals surface area contributed by atoms with Crippen molar-refractivity contribution in [1.29, 1.82) is 0 Å². The Kier molecular flexibility index (Phi) is 4.63. The SMILES string of the molecule is COC1(C)N=CC=C(C(=O)[O-])N1.[Na+]. The van der Waals surface area contributed by atoms with E-state index in [1.54, 1.807) is 6.92 Å². The van der Waals surface area contributed by atoms with E-state index in [1.807, 2.05) is 0 Å². The summed E-state index contributed by atoms with van der Waals surface area (Å²) in [5.41, 5.74) is -0.0330. The summed E-state index contributed by atoms with van der Waals surface area (Å²) in [6, 6.07) is 0. The minimum Gasteiger partial charge on any atom is -0.543 e. The van der Waals surface area contributed by atoms with Crippen LogP contribution in [-0.2, 0) is 9.53 Å². The number of carboxylic acid groups (broad SMARTS) is 1. The van der Waals surface area contributed by atoms with Crippen LogP contribution in [0.2, 0.25) is 0 Å². The van der Waals surface area contributed by atoms with Crippen molar-refractivity contribution in [1.82, 2.24) is 5.32 Å². The summed E-state index contributed by atoms with van der Waals surface area (Å²) in [5.74, 6) is -2.27. The minimum absolute atomic E-state index is 0. The van der Waals surface area contributed by atoms with E-state index in [2.05, 4.69) is 10.3 Å². The average molecular weight is 192 g/mol. The molecule has 0 saturated heterocycles. The summed E-state index contributed by atoms with van der Waals surface area (Å²) < 4.78 is 4.92. The van der Waals surface area contributed by atoms with Crippen molar-refractivity contribution < 1.29 is 44.2 Å². The van der Waals surface area contributed by atoms with Gasteiger partial charge in [-0.2, -0.15) is 0 Å². The van der Waals surface area contributed by atoms with Crippen LogP contribution in [-0.4, -0.2) is 25.1 Å². The van der Waals surface area contributed by atoms with Gasteiger partial charge in [-0.15, -0.1) is 0 Å². The van der Waals surface area contributed by atoms with E-state index in [4.69, 9.17) is 4.74 Å². The number of aliphatic imine (C=N–C) groups is 1. The van der Waals surface area contributed by atoms with Gasteiger partial charge in [0.05, 0.1) is 11.7 Å². The van der Waals surface area contributed by atoms with Crippen LogP contribution in [0.25, 0.3) is 0 Å². The summed E-state index contributed by atoms with van der Waals surface area (Å²) in [6.45, 7) is 1.61. The van der Waals surface area contributed by atoms with Crippen LogP contribution in [0.1, 0.15) is 6.92 Å². The quantitative estimate of drug-likeness (QED) is 0.448. The predicted molar refractivity (Wildman–Crippen MR) is 40.1 cm³/mol. The van der Waals surface area contributed by atoms with Crippen LogP contribution in [0, 0.1) is 0 Å². The molecule has 13 heavy (non-hydrogen) atoms. The van der Waals surface area contributed by atoms with Crippen LogP contribution in [0.4, 0.5) is 0 Å². The van der Waals surface area contributed by atoms with Crippen molar-refractivity contribution in [3.8, 4) is 0 Å². The molecule has 0 radical (unpaired) electrons. The molecule has 1 atom stereocenters. The molecule has 1 rings (SSSR count). The molecule has 0 aromatic carbocycles. The van der Waals surface area contributed by atoms with E-state index < -0.39 is 11.8 Å². The first-order valence-electron chi connectivity index (χ1n) is 3.37. The van der Waals surface area contributed by atoms with Gasteiger partial charge in [0.15, 0.2) is 0 Å². The van der Waals surface area contributed by atoms with E-state index in [-0.39, 0.29) is 35.3 Å². The zero-order chi connectivity index (χ0) is 9.19. The Morgan fingerprint density at radius 3 is 2.85 bits per heavy atom. The first kappa shape index (κ1) is 12.6. The van der Waals surface area contributed by atoms with Crippen LogP contribution >= 0.6 is 0 Å². The Labute approximate surface area is 98.2 Å². The molecule has 0 aromatic heterocycles. The topological polar surface area (TPSA) is 73.8 Å². The summed E-state index contributed by atoms with van der Waals surface area (Å²) in [7, 11) is 1.43. The van der Waals surface area contributed by atoms with Crippen molar-refractivity contribution >= 4 is 12.2 Å². The summed E-state index contributed by atoms with van der Waals surface area (Å²) in [6.07, 6.45) is 2.68. The number of aliphatic carboxylic acids is 1. The molecule has 0 amide bonds. The van der Waals surface area contributed by atoms with Crippen molar-refractivity contribution in [3.63, 3.8) is 0 Å².